The first-order valence-electron chi connectivity index (χ1n) is 16.1. The summed E-state index contributed by atoms with van der Waals surface area (Å²) in [5.41, 5.74) is 10.9. The van der Waals surface area contributed by atoms with Gasteiger partial charge in [-0.25, -0.2) is 0 Å². The molecule has 4 nitrogen and oxygen atoms in total. The average molecular weight is 615 g/mol. The van der Waals surface area contributed by atoms with Crippen LogP contribution in [-0.2, 0) is 0 Å². The molecular weight excluding hydrogens is 585 g/mol. The van der Waals surface area contributed by atoms with Crippen molar-refractivity contribution in [3.8, 4) is 11.4 Å². The lowest BCUT2D eigenvalue weighted by Crippen LogP contribution is -2.01. The Morgan fingerprint density at radius 3 is 1.62 bits per heavy atom. The lowest BCUT2D eigenvalue weighted by Gasteiger charge is -2.10. The van der Waals surface area contributed by atoms with Crippen molar-refractivity contribution in [2.45, 2.75) is 0 Å². The minimum Gasteiger partial charge on any atom is -0.309 e. The van der Waals surface area contributed by atoms with Crippen molar-refractivity contribution >= 4 is 61.2 Å². The van der Waals surface area contributed by atoms with Crippen molar-refractivity contribution in [2.75, 3.05) is 0 Å². The van der Waals surface area contributed by atoms with Crippen LogP contribution in [0, 0.1) is 5.41 Å². The number of hydrogen-bond donors (Lipinski definition) is 1. The molecule has 2 aromatic heterocycles. The Bertz CT molecular complexity index is 2660. The van der Waals surface area contributed by atoms with Crippen LogP contribution in [0.5, 0.6) is 0 Å². The highest BCUT2D eigenvalue weighted by Crippen LogP contribution is 2.39. The third-order valence-corrected chi connectivity index (χ3v) is 9.22. The molecule has 7 aromatic carbocycles. The van der Waals surface area contributed by atoms with E-state index in [1.807, 2.05) is 60.8 Å². The van der Waals surface area contributed by atoms with Gasteiger partial charge >= 0.3 is 0 Å². The third kappa shape index (κ3) is 4.54. The van der Waals surface area contributed by atoms with Crippen LogP contribution in [0.4, 0.5) is 5.69 Å². The molecule has 226 valence electrons. The summed E-state index contributed by atoms with van der Waals surface area (Å²) < 4.78 is 4.75. The molecule has 2 heterocycles. The van der Waals surface area contributed by atoms with E-state index in [0.717, 1.165) is 33.8 Å². The molecule has 0 saturated heterocycles. The lowest BCUT2D eigenvalue weighted by atomic mass is 10.0. The second-order valence-electron chi connectivity index (χ2n) is 12.0. The summed E-state index contributed by atoms with van der Waals surface area (Å²) in [5.74, 6) is 0. The fourth-order valence-corrected chi connectivity index (χ4v) is 6.98. The van der Waals surface area contributed by atoms with Gasteiger partial charge in [0.05, 0.1) is 33.5 Å². The van der Waals surface area contributed by atoms with E-state index in [-0.39, 0.29) is 0 Å². The van der Waals surface area contributed by atoms with Crippen molar-refractivity contribution in [3.63, 3.8) is 0 Å². The number of benzene rings is 7. The smallest absolute Gasteiger partial charge is 0.0723 e. The number of hydrogen-bond acceptors (Lipinski definition) is 2. The number of aliphatic imine (C=N–C) groups is 1. The van der Waals surface area contributed by atoms with Crippen LogP contribution in [0.25, 0.3) is 55.0 Å². The normalized spacial score (nSPS) is 11.8. The van der Waals surface area contributed by atoms with Crippen LogP contribution in [0.2, 0.25) is 0 Å². The molecule has 0 aliphatic heterocycles. The van der Waals surface area contributed by atoms with Crippen LogP contribution in [0.3, 0.4) is 0 Å². The van der Waals surface area contributed by atoms with Crippen LogP contribution in [0.15, 0.2) is 175 Å². The van der Waals surface area contributed by atoms with Crippen LogP contribution in [0.1, 0.15) is 16.7 Å². The Labute approximate surface area is 278 Å². The maximum Gasteiger partial charge on any atom is 0.0723 e. The van der Waals surface area contributed by atoms with Crippen LogP contribution >= 0.6 is 0 Å². The van der Waals surface area contributed by atoms with Crippen molar-refractivity contribution in [2.24, 2.45) is 4.99 Å². The number of para-hydroxylation sites is 4. The van der Waals surface area contributed by atoms with E-state index >= 15 is 0 Å². The predicted octanol–water partition coefficient (Wildman–Crippen LogP) is 11.0. The fraction of sp³-hybridized carbons (Fsp3) is 0. The third-order valence-electron chi connectivity index (χ3n) is 9.22. The van der Waals surface area contributed by atoms with Gasteiger partial charge in [0.1, 0.15) is 0 Å². The van der Waals surface area contributed by atoms with E-state index < -0.39 is 0 Å². The molecule has 0 spiro atoms. The Hall–Kier alpha value is -6.52. The van der Waals surface area contributed by atoms with Crippen molar-refractivity contribution in [3.05, 3.63) is 187 Å². The lowest BCUT2D eigenvalue weighted by molar-refractivity contribution is 1.16. The zero-order valence-corrected chi connectivity index (χ0v) is 26.1. The van der Waals surface area contributed by atoms with Gasteiger partial charge in [-0.05, 0) is 60.2 Å². The standard InChI is InChI=1S/C44H30N4/c45-44(31-13-3-1-4-14-31)36-19-7-10-20-39(36)46-29-30-23-25-33(26-24-30)48-41-22-12-9-18-35(41)38-27-37-34-17-8-11-21-40(34)47(42(37)28-43(38)48)32-15-5-2-6-16-32/h1-29,45H/b45-44?,46-29+. The van der Waals surface area contributed by atoms with Gasteiger partial charge in [-0.15, -0.1) is 0 Å². The first kappa shape index (κ1) is 27.8. The number of aromatic nitrogens is 2. The van der Waals surface area contributed by atoms with Gasteiger partial charge < -0.3 is 9.13 Å². The van der Waals surface area contributed by atoms with Crippen LogP contribution in [-0.4, -0.2) is 21.1 Å². The van der Waals surface area contributed by atoms with Crippen molar-refractivity contribution in [1.82, 2.24) is 9.13 Å². The van der Waals surface area contributed by atoms with Gasteiger partial charge in [0.2, 0.25) is 0 Å². The molecule has 0 unspecified atom stereocenters. The summed E-state index contributed by atoms with van der Waals surface area (Å²) in [7, 11) is 0. The molecule has 0 aliphatic rings. The molecule has 0 atom stereocenters. The second kappa shape index (κ2) is 11.4. The van der Waals surface area contributed by atoms with Gasteiger partial charge in [0.25, 0.3) is 0 Å². The molecule has 9 aromatic rings. The van der Waals surface area contributed by atoms with Crippen LogP contribution < -0.4 is 0 Å². The highest BCUT2D eigenvalue weighted by Gasteiger charge is 2.18. The largest absolute Gasteiger partial charge is 0.309 e. The zero-order chi connectivity index (χ0) is 32.0. The molecular formula is C44H30N4. The van der Waals surface area contributed by atoms with Gasteiger partial charge in [-0.2, -0.15) is 0 Å². The number of fused-ring (bicyclic) bond motifs is 6. The molecule has 0 saturated carbocycles. The molecule has 0 fully saturated rings. The summed E-state index contributed by atoms with van der Waals surface area (Å²) in [4.78, 5) is 4.83. The van der Waals surface area contributed by atoms with Crippen molar-refractivity contribution in [1.29, 1.82) is 5.41 Å². The summed E-state index contributed by atoms with van der Waals surface area (Å²) in [6.07, 6.45) is 1.88. The number of nitrogens with one attached hydrogen (secondary N) is 1. The molecule has 48 heavy (non-hydrogen) atoms. The fourth-order valence-electron chi connectivity index (χ4n) is 6.98. The highest BCUT2D eigenvalue weighted by atomic mass is 15.0. The molecule has 0 radical (unpaired) electrons. The monoisotopic (exact) mass is 614 g/mol. The minimum atomic E-state index is 0.463. The van der Waals surface area contributed by atoms with E-state index in [4.69, 9.17) is 10.4 Å². The average Bonchev–Trinajstić information content (AvgIpc) is 3.66. The maximum absolute atomic E-state index is 8.80. The molecule has 9 rings (SSSR count). The summed E-state index contributed by atoms with van der Waals surface area (Å²) in [6, 6.07) is 58.9. The molecule has 4 heteroatoms. The number of nitrogens with zero attached hydrogens (tertiary/aromatic N) is 3. The van der Waals surface area contributed by atoms with Crippen molar-refractivity contribution < 1.29 is 0 Å². The Kier molecular flexibility index (Phi) is 6.58. The number of rotatable bonds is 6. The first-order valence-corrected chi connectivity index (χ1v) is 16.1. The predicted molar refractivity (Wildman–Crippen MR) is 201 cm³/mol. The Morgan fingerprint density at radius 1 is 0.458 bits per heavy atom. The topological polar surface area (TPSA) is 46.1 Å². The van der Waals surface area contributed by atoms with E-state index in [1.165, 1.54) is 43.6 Å². The van der Waals surface area contributed by atoms with E-state index in [1.54, 1.807) is 0 Å². The van der Waals surface area contributed by atoms with E-state index in [0.29, 0.717) is 5.71 Å². The molecule has 0 bridgehead atoms. The second-order valence-corrected chi connectivity index (χ2v) is 12.0. The molecule has 0 aliphatic carbocycles. The Morgan fingerprint density at radius 2 is 0.979 bits per heavy atom. The Balaban J connectivity index is 1.16. The van der Waals surface area contributed by atoms with E-state index in [2.05, 4.69) is 124 Å². The van der Waals surface area contributed by atoms with Gasteiger partial charge in [0, 0.05) is 50.3 Å². The minimum absolute atomic E-state index is 0.463. The zero-order valence-electron chi connectivity index (χ0n) is 26.1. The van der Waals surface area contributed by atoms with E-state index in [9.17, 15) is 0 Å². The first-order chi connectivity index (χ1) is 23.7. The maximum atomic E-state index is 8.80. The molecule has 0 amide bonds. The summed E-state index contributed by atoms with van der Waals surface area (Å²) in [6.45, 7) is 0. The van der Waals surface area contributed by atoms with Gasteiger partial charge in [-0.3, -0.25) is 10.4 Å². The SMILES string of the molecule is N=C(c1ccccc1)c1ccccc1/N=C/c1ccc(-n2c3ccccc3c3cc4c5ccccc5n(-c5ccccc5)c4cc32)cc1. The summed E-state index contributed by atoms with van der Waals surface area (Å²) in [5, 5.41) is 13.8. The van der Waals surface area contributed by atoms with Gasteiger partial charge in [0.15, 0.2) is 0 Å². The summed E-state index contributed by atoms with van der Waals surface area (Å²) >= 11 is 0. The quantitative estimate of drug-likeness (QED) is 0.181. The highest BCUT2D eigenvalue weighted by molar-refractivity contribution is 6.19. The molecule has 1 N–H and O–H groups in total. The van der Waals surface area contributed by atoms with Gasteiger partial charge in [-0.1, -0.05) is 115 Å².